The summed E-state index contributed by atoms with van der Waals surface area (Å²) in [4.78, 5) is 37.9. The number of fused-ring (bicyclic) bond motifs is 1. The fourth-order valence-electron chi connectivity index (χ4n) is 2.42. The molecule has 1 heterocycles. The van der Waals surface area contributed by atoms with Crippen LogP contribution in [0, 0.1) is 11.6 Å². The van der Waals surface area contributed by atoms with Crippen LogP contribution in [-0.4, -0.2) is 42.1 Å². The van der Waals surface area contributed by atoms with E-state index in [2.05, 4.69) is 0 Å². The summed E-state index contributed by atoms with van der Waals surface area (Å²) in [5.41, 5.74) is -1.04. The van der Waals surface area contributed by atoms with Crippen molar-refractivity contribution in [3.8, 4) is 0 Å². The topological polar surface area (TPSA) is 57.7 Å². The molecule has 1 aliphatic carbocycles. The van der Waals surface area contributed by atoms with Crippen LogP contribution in [0.2, 0.25) is 0 Å². The number of benzene rings is 1. The van der Waals surface area contributed by atoms with Crippen LogP contribution in [0.1, 0.15) is 23.2 Å². The fraction of sp³-hybridized carbons (Fsp3) is 0.357. The van der Waals surface area contributed by atoms with Crippen molar-refractivity contribution in [1.29, 1.82) is 0 Å². The number of nitrogens with zero attached hydrogens (tertiary/aromatic N) is 2. The highest BCUT2D eigenvalue weighted by atomic mass is 19.1. The van der Waals surface area contributed by atoms with E-state index in [0.29, 0.717) is 0 Å². The zero-order valence-corrected chi connectivity index (χ0v) is 11.2. The minimum atomic E-state index is -1.12. The molecule has 0 bridgehead atoms. The number of anilines is 1. The van der Waals surface area contributed by atoms with Gasteiger partial charge in [0.25, 0.3) is 11.7 Å². The summed E-state index contributed by atoms with van der Waals surface area (Å²) < 4.78 is 27.5. The number of ketones is 1. The Bertz CT molecular complexity index is 670. The van der Waals surface area contributed by atoms with Gasteiger partial charge in [0.1, 0.15) is 18.2 Å². The molecule has 1 aromatic rings. The summed E-state index contributed by atoms with van der Waals surface area (Å²) in [6, 6.07) is 1.76. The van der Waals surface area contributed by atoms with E-state index in [-0.39, 0.29) is 6.04 Å². The molecule has 0 unspecified atom stereocenters. The van der Waals surface area contributed by atoms with Gasteiger partial charge in [-0.1, -0.05) is 0 Å². The lowest BCUT2D eigenvalue weighted by molar-refractivity contribution is -0.130. The van der Waals surface area contributed by atoms with E-state index in [9.17, 15) is 23.2 Å². The third-order valence-corrected chi connectivity index (χ3v) is 3.80. The van der Waals surface area contributed by atoms with Crippen LogP contribution in [-0.2, 0) is 9.59 Å². The molecule has 2 aliphatic rings. The van der Waals surface area contributed by atoms with Gasteiger partial charge in [0.2, 0.25) is 5.91 Å². The van der Waals surface area contributed by atoms with Crippen molar-refractivity contribution in [3.63, 3.8) is 0 Å². The van der Waals surface area contributed by atoms with E-state index in [1.165, 1.54) is 4.90 Å². The monoisotopic (exact) mass is 294 g/mol. The zero-order valence-electron chi connectivity index (χ0n) is 11.2. The second-order valence-electron chi connectivity index (χ2n) is 5.21. The Kier molecular flexibility index (Phi) is 3.00. The number of amides is 2. The van der Waals surface area contributed by atoms with Gasteiger partial charge in [-0.3, -0.25) is 19.3 Å². The average Bonchev–Trinajstić information content (AvgIpc) is 3.26. The van der Waals surface area contributed by atoms with Crippen LogP contribution in [0.25, 0.3) is 0 Å². The van der Waals surface area contributed by atoms with E-state index in [4.69, 9.17) is 0 Å². The summed E-state index contributed by atoms with van der Waals surface area (Å²) in [5.74, 6) is -4.46. The van der Waals surface area contributed by atoms with Crippen LogP contribution in [0.5, 0.6) is 0 Å². The molecule has 5 nitrogen and oxygen atoms in total. The van der Waals surface area contributed by atoms with E-state index < -0.39 is 47.0 Å². The van der Waals surface area contributed by atoms with Gasteiger partial charge < -0.3 is 4.90 Å². The summed E-state index contributed by atoms with van der Waals surface area (Å²) in [6.07, 6.45) is 1.77. The van der Waals surface area contributed by atoms with Crippen molar-refractivity contribution >= 4 is 23.3 Å². The molecule has 1 saturated carbocycles. The zero-order chi connectivity index (χ0) is 15.3. The Morgan fingerprint density at radius 2 is 1.90 bits per heavy atom. The molecule has 7 heteroatoms. The van der Waals surface area contributed by atoms with Gasteiger partial charge in [-0.2, -0.15) is 0 Å². The first-order valence-electron chi connectivity index (χ1n) is 6.51. The Morgan fingerprint density at radius 1 is 1.29 bits per heavy atom. The third kappa shape index (κ3) is 2.09. The average molecular weight is 294 g/mol. The Labute approximate surface area is 119 Å². The van der Waals surface area contributed by atoms with Gasteiger partial charge in [-0.05, 0) is 25.0 Å². The normalized spacial score (nSPS) is 17.2. The van der Waals surface area contributed by atoms with E-state index >= 15 is 0 Å². The predicted molar refractivity (Wildman–Crippen MR) is 68.8 cm³/mol. The van der Waals surface area contributed by atoms with Gasteiger partial charge in [-0.25, -0.2) is 8.78 Å². The van der Waals surface area contributed by atoms with Crippen molar-refractivity contribution < 1.29 is 23.2 Å². The second kappa shape index (κ2) is 4.61. The van der Waals surface area contributed by atoms with E-state index in [0.717, 1.165) is 29.9 Å². The van der Waals surface area contributed by atoms with E-state index in [1.807, 2.05) is 0 Å². The van der Waals surface area contributed by atoms with Crippen molar-refractivity contribution in [2.75, 3.05) is 18.5 Å². The fourth-order valence-corrected chi connectivity index (χ4v) is 2.42. The molecule has 0 N–H and O–H groups in total. The molecule has 2 amide bonds. The number of carbonyl (C=O) groups is 3. The largest absolute Gasteiger partial charge is 0.341 e. The highest BCUT2D eigenvalue weighted by Gasteiger charge is 2.42. The molecule has 1 aliphatic heterocycles. The molecule has 3 rings (SSSR count). The summed E-state index contributed by atoms with van der Waals surface area (Å²) in [5, 5.41) is 0. The smallest absolute Gasteiger partial charge is 0.300 e. The molecule has 0 saturated heterocycles. The van der Waals surface area contributed by atoms with Crippen LogP contribution < -0.4 is 4.90 Å². The van der Waals surface area contributed by atoms with Gasteiger partial charge in [0, 0.05) is 13.1 Å². The number of hydrogen-bond acceptors (Lipinski definition) is 3. The molecule has 0 aromatic heterocycles. The third-order valence-electron chi connectivity index (χ3n) is 3.80. The van der Waals surface area contributed by atoms with Crippen LogP contribution in [0.3, 0.4) is 0 Å². The maximum atomic E-state index is 13.9. The number of hydrogen-bond donors (Lipinski definition) is 0. The van der Waals surface area contributed by atoms with Gasteiger partial charge in [0.05, 0.1) is 11.3 Å². The summed E-state index contributed by atoms with van der Waals surface area (Å²) in [6.45, 7) is -0.467. The minimum absolute atomic E-state index is 0.128. The molecule has 0 atom stereocenters. The summed E-state index contributed by atoms with van der Waals surface area (Å²) in [7, 11) is 1.59. The van der Waals surface area contributed by atoms with Crippen molar-refractivity contribution in [3.05, 3.63) is 29.3 Å². The van der Waals surface area contributed by atoms with Gasteiger partial charge in [-0.15, -0.1) is 0 Å². The Hall–Kier alpha value is -2.31. The molecule has 0 spiro atoms. The first-order chi connectivity index (χ1) is 9.91. The quantitative estimate of drug-likeness (QED) is 0.785. The van der Waals surface area contributed by atoms with Crippen LogP contribution >= 0.6 is 0 Å². The number of likely N-dealkylation sites (N-methyl/N-ethyl adjacent to an activating group) is 1. The number of halogens is 2. The predicted octanol–water partition coefficient (Wildman–Crippen LogP) is 1.11. The first kappa shape index (κ1) is 13.7. The standard InChI is InChI=1S/C14H12F2N2O3/c1-17(7-2-3-7)10(19)6-18-12-9(16)5-4-8(15)11(12)13(20)14(18)21/h4-5,7H,2-3,6H2,1H3. The molecular weight excluding hydrogens is 282 g/mol. The first-order valence-corrected chi connectivity index (χ1v) is 6.51. The molecule has 1 aromatic carbocycles. The lowest BCUT2D eigenvalue weighted by Crippen LogP contribution is -2.42. The molecular formula is C14H12F2N2O3. The Morgan fingerprint density at radius 3 is 2.52 bits per heavy atom. The minimum Gasteiger partial charge on any atom is -0.341 e. The molecule has 1 fully saturated rings. The second-order valence-corrected chi connectivity index (χ2v) is 5.21. The van der Waals surface area contributed by atoms with Crippen molar-refractivity contribution in [2.45, 2.75) is 18.9 Å². The number of carbonyl (C=O) groups excluding carboxylic acids is 3. The molecule has 110 valence electrons. The maximum Gasteiger partial charge on any atom is 0.300 e. The SMILES string of the molecule is CN(C(=O)CN1C(=O)C(=O)c2c(F)ccc(F)c21)C1CC1. The van der Waals surface area contributed by atoms with Crippen LogP contribution in [0.15, 0.2) is 12.1 Å². The van der Waals surface area contributed by atoms with Gasteiger partial charge >= 0.3 is 0 Å². The Balaban J connectivity index is 1.94. The van der Waals surface area contributed by atoms with Crippen molar-refractivity contribution in [2.24, 2.45) is 0 Å². The van der Waals surface area contributed by atoms with Crippen molar-refractivity contribution in [1.82, 2.24) is 4.90 Å². The maximum absolute atomic E-state index is 13.9. The lowest BCUT2D eigenvalue weighted by Gasteiger charge is -2.21. The number of Topliss-reactive ketones (excluding diaryl/α,β-unsaturated/α-hetero) is 1. The highest BCUT2D eigenvalue weighted by Crippen LogP contribution is 2.34. The number of rotatable bonds is 3. The van der Waals surface area contributed by atoms with Gasteiger partial charge in [0.15, 0.2) is 0 Å². The summed E-state index contributed by atoms with van der Waals surface area (Å²) >= 11 is 0. The van der Waals surface area contributed by atoms with E-state index in [1.54, 1.807) is 7.05 Å². The molecule has 21 heavy (non-hydrogen) atoms. The molecule has 0 radical (unpaired) electrons. The highest BCUT2D eigenvalue weighted by molar-refractivity contribution is 6.52. The lowest BCUT2D eigenvalue weighted by atomic mass is 10.1. The van der Waals surface area contributed by atoms with Crippen LogP contribution in [0.4, 0.5) is 14.5 Å².